The van der Waals surface area contributed by atoms with Gasteiger partial charge in [0, 0.05) is 7.05 Å². The topological polar surface area (TPSA) is 79.8 Å². The number of hydrogen-bond acceptors (Lipinski definition) is 2. The molecule has 0 aliphatic rings. The molecule has 0 radical (unpaired) electrons. The van der Waals surface area contributed by atoms with E-state index in [4.69, 9.17) is 5.73 Å². The second-order valence-corrected chi connectivity index (χ2v) is 1.57. The lowest BCUT2D eigenvalue weighted by molar-refractivity contribution is -0.117. The fourth-order valence-electron chi connectivity index (χ4n) is 0.344. The number of nitrogens with zero attached hydrogens (tertiary/aromatic N) is 2. The molecule has 3 N–H and O–H groups in total. The largest absolute Gasteiger partial charge is 0.390 e. The lowest BCUT2D eigenvalue weighted by atomic mass is 10.5. The summed E-state index contributed by atoms with van der Waals surface area (Å²) in [4.78, 5) is 17.7. The highest BCUT2D eigenvalue weighted by Gasteiger charge is 1.98. The maximum atomic E-state index is 10.7. The van der Waals surface area contributed by atoms with Gasteiger partial charge in [-0.1, -0.05) is 6.58 Å². The van der Waals surface area contributed by atoms with Gasteiger partial charge >= 0.3 is 0 Å². The van der Waals surface area contributed by atoms with E-state index in [2.05, 4.69) is 21.9 Å². The molecule has 0 bridgehead atoms. The molecule has 0 aliphatic carbocycles. The molecule has 0 aromatic carbocycles. The van der Waals surface area contributed by atoms with E-state index in [1.54, 1.807) is 0 Å². The van der Waals surface area contributed by atoms with Crippen molar-refractivity contribution in [3.05, 3.63) is 12.3 Å². The molecule has 0 spiro atoms. The zero-order valence-electron chi connectivity index (χ0n) is 6.24. The highest BCUT2D eigenvalue weighted by molar-refractivity contribution is 5.93. The SMILES string of the molecule is C=C(/N=C\N=C\N)C(=O)NC. The predicted molar refractivity (Wildman–Crippen MR) is 44.4 cm³/mol. The van der Waals surface area contributed by atoms with Crippen molar-refractivity contribution in [1.82, 2.24) is 5.32 Å². The number of carbonyl (C=O) groups excluding carboxylic acids is 1. The summed E-state index contributed by atoms with van der Waals surface area (Å²) in [7, 11) is 1.50. The van der Waals surface area contributed by atoms with Gasteiger partial charge in [0.2, 0.25) is 0 Å². The second kappa shape index (κ2) is 5.16. The molecule has 0 heterocycles. The van der Waals surface area contributed by atoms with Crippen LogP contribution in [0.1, 0.15) is 0 Å². The number of hydrogen-bond donors (Lipinski definition) is 2. The third-order valence-electron chi connectivity index (χ3n) is 0.855. The third-order valence-corrected chi connectivity index (χ3v) is 0.855. The molecule has 0 atom stereocenters. The van der Waals surface area contributed by atoms with E-state index in [0.717, 1.165) is 12.7 Å². The first-order valence-electron chi connectivity index (χ1n) is 2.89. The number of carbonyl (C=O) groups is 1. The van der Waals surface area contributed by atoms with E-state index in [9.17, 15) is 4.79 Å². The number of rotatable bonds is 3. The monoisotopic (exact) mass is 154 g/mol. The molecule has 0 saturated carbocycles. The van der Waals surface area contributed by atoms with Gasteiger partial charge in [-0.3, -0.25) is 4.79 Å². The molecular formula is C6H10N4O. The van der Waals surface area contributed by atoms with Crippen LogP contribution >= 0.6 is 0 Å². The minimum Gasteiger partial charge on any atom is -0.390 e. The van der Waals surface area contributed by atoms with Crippen LogP contribution in [-0.2, 0) is 4.79 Å². The fourth-order valence-corrected chi connectivity index (χ4v) is 0.344. The maximum absolute atomic E-state index is 10.7. The summed E-state index contributed by atoms with van der Waals surface area (Å²) in [6.07, 6.45) is 2.22. The van der Waals surface area contributed by atoms with Crippen LogP contribution in [0.4, 0.5) is 0 Å². The Balaban J connectivity index is 3.97. The Bertz CT molecular complexity index is 207. The van der Waals surface area contributed by atoms with Gasteiger partial charge in [0.15, 0.2) is 0 Å². The van der Waals surface area contributed by atoms with Crippen molar-refractivity contribution in [2.24, 2.45) is 15.7 Å². The van der Waals surface area contributed by atoms with Crippen LogP contribution in [0.25, 0.3) is 0 Å². The minimum absolute atomic E-state index is 0.0955. The minimum atomic E-state index is -0.339. The standard InChI is InChI=1S/C6H10N4O/c1-5(6(11)8-2)10-4-9-3-7/h3-4H,1H2,2H3,(H,8,11)(H2,7,9,10). The number of nitrogens with two attached hydrogens (primary N) is 1. The fraction of sp³-hybridized carbons (Fsp3) is 0.167. The Morgan fingerprint density at radius 1 is 1.73 bits per heavy atom. The van der Waals surface area contributed by atoms with Crippen LogP contribution in [0.5, 0.6) is 0 Å². The van der Waals surface area contributed by atoms with E-state index in [0.29, 0.717) is 0 Å². The van der Waals surface area contributed by atoms with Crippen molar-refractivity contribution in [1.29, 1.82) is 0 Å². The molecule has 0 aliphatic heterocycles. The van der Waals surface area contributed by atoms with Crippen molar-refractivity contribution in [3.8, 4) is 0 Å². The molecule has 0 rings (SSSR count). The Morgan fingerprint density at radius 3 is 2.82 bits per heavy atom. The van der Waals surface area contributed by atoms with Crippen LogP contribution in [0, 0.1) is 0 Å². The van der Waals surface area contributed by atoms with Crippen molar-refractivity contribution >= 4 is 18.6 Å². The highest BCUT2D eigenvalue weighted by atomic mass is 16.1. The first-order valence-corrected chi connectivity index (χ1v) is 2.89. The third kappa shape index (κ3) is 3.85. The number of aliphatic imine (C=N–C) groups is 2. The number of amides is 1. The Hall–Kier alpha value is -1.65. The van der Waals surface area contributed by atoms with Crippen LogP contribution in [0.3, 0.4) is 0 Å². The molecule has 11 heavy (non-hydrogen) atoms. The average molecular weight is 154 g/mol. The highest BCUT2D eigenvalue weighted by Crippen LogP contribution is 1.88. The summed E-state index contributed by atoms with van der Waals surface area (Å²) in [6, 6.07) is 0. The van der Waals surface area contributed by atoms with Crippen molar-refractivity contribution in [2.75, 3.05) is 7.05 Å². The second-order valence-electron chi connectivity index (χ2n) is 1.57. The number of nitrogens with one attached hydrogen (secondary N) is 1. The molecule has 0 saturated heterocycles. The van der Waals surface area contributed by atoms with Gasteiger partial charge in [-0.2, -0.15) is 0 Å². The van der Waals surface area contributed by atoms with E-state index in [1.165, 1.54) is 7.05 Å². The van der Waals surface area contributed by atoms with Gasteiger partial charge in [0.1, 0.15) is 12.0 Å². The summed E-state index contributed by atoms with van der Waals surface area (Å²) in [5, 5.41) is 2.36. The summed E-state index contributed by atoms with van der Waals surface area (Å²) < 4.78 is 0. The van der Waals surface area contributed by atoms with Crippen molar-refractivity contribution < 1.29 is 4.79 Å². The van der Waals surface area contributed by atoms with Gasteiger partial charge in [-0.25, -0.2) is 9.98 Å². The molecule has 5 heteroatoms. The van der Waals surface area contributed by atoms with Crippen molar-refractivity contribution in [3.63, 3.8) is 0 Å². The van der Waals surface area contributed by atoms with Gasteiger partial charge < -0.3 is 11.1 Å². The molecule has 1 amide bonds. The van der Waals surface area contributed by atoms with E-state index in [1.807, 2.05) is 0 Å². The predicted octanol–water partition coefficient (Wildman–Crippen LogP) is -0.739. The average Bonchev–Trinajstić information content (AvgIpc) is 2.03. The van der Waals surface area contributed by atoms with Crippen LogP contribution in [0.2, 0.25) is 0 Å². The molecular weight excluding hydrogens is 144 g/mol. The Labute approximate surface area is 64.7 Å². The first-order chi connectivity index (χ1) is 5.22. The summed E-state index contributed by atoms with van der Waals surface area (Å²) in [5.74, 6) is -0.339. The van der Waals surface area contributed by atoms with Gasteiger partial charge in [0.25, 0.3) is 5.91 Å². The maximum Gasteiger partial charge on any atom is 0.269 e. The molecule has 5 nitrogen and oxygen atoms in total. The lowest BCUT2D eigenvalue weighted by Gasteiger charge is -1.93. The van der Waals surface area contributed by atoms with Crippen LogP contribution in [0.15, 0.2) is 22.3 Å². The Kier molecular flexibility index (Phi) is 4.39. The molecule has 60 valence electrons. The normalized spacial score (nSPS) is 10.6. The summed E-state index contributed by atoms with van der Waals surface area (Å²) >= 11 is 0. The lowest BCUT2D eigenvalue weighted by Crippen LogP contribution is -2.18. The van der Waals surface area contributed by atoms with Gasteiger partial charge in [0.05, 0.1) is 6.34 Å². The molecule has 0 aromatic rings. The van der Waals surface area contributed by atoms with Gasteiger partial charge in [-0.05, 0) is 0 Å². The Morgan fingerprint density at radius 2 is 2.36 bits per heavy atom. The van der Waals surface area contributed by atoms with Crippen LogP contribution < -0.4 is 11.1 Å². The van der Waals surface area contributed by atoms with Crippen molar-refractivity contribution in [2.45, 2.75) is 0 Å². The van der Waals surface area contributed by atoms with Crippen LogP contribution in [-0.4, -0.2) is 25.6 Å². The molecule has 0 aromatic heterocycles. The summed E-state index contributed by atoms with van der Waals surface area (Å²) in [6.45, 7) is 3.37. The first kappa shape index (κ1) is 9.35. The molecule has 0 fully saturated rings. The summed E-state index contributed by atoms with van der Waals surface area (Å²) in [5.41, 5.74) is 5.01. The zero-order valence-corrected chi connectivity index (χ0v) is 6.24. The quantitative estimate of drug-likeness (QED) is 0.319. The van der Waals surface area contributed by atoms with E-state index < -0.39 is 0 Å². The van der Waals surface area contributed by atoms with E-state index in [-0.39, 0.29) is 11.6 Å². The smallest absolute Gasteiger partial charge is 0.269 e. The van der Waals surface area contributed by atoms with Gasteiger partial charge in [-0.15, -0.1) is 0 Å². The molecule has 0 unspecified atom stereocenters. The zero-order chi connectivity index (χ0) is 8.69. The van der Waals surface area contributed by atoms with E-state index >= 15 is 0 Å². The number of likely N-dealkylation sites (N-methyl/N-ethyl adjacent to an activating group) is 1.